The predicted molar refractivity (Wildman–Crippen MR) is 168 cm³/mol. The number of carbonyl (C=O) groups is 4. The van der Waals surface area contributed by atoms with E-state index in [0.717, 1.165) is 32.3 Å². The molecule has 3 amide bonds. The summed E-state index contributed by atoms with van der Waals surface area (Å²) in [5, 5.41) is 2.83. The molecule has 6 nitrogen and oxygen atoms in total. The van der Waals surface area contributed by atoms with Crippen molar-refractivity contribution in [2.24, 2.45) is 11.8 Å². The Kier molecular flexibility index (Phi) is 7.32. The summed E-state index contributed by atoms with van der Waals surface area (Å²) in [6.07, 6.45) is 0.00203. The lowest BCUT2D eigenvalue weighted by atomic mass is 9.55. The summed E-state index contributed by atoms with van der Waals surface area (Å²) in [4.78, 5) is 57.7. The Bertz CT molecular complexity index is 1710. The number of imide groups is 1. The first kappa shape index (κ1) is 28.8. The fourth-order valence-corrected chi connectivity index (χ4v) is 7.70. The lowest BCUT2D eigenvalue weighted by molar-refractivity contribution is -0.156. The number of amides is 3. The molecular formula is C35H25Cl3N2O4. The highest BCUT2D eigenvalue weighted by Gasteiger charge is 2.63. The summed E-state index contributed by atoms with van der Waals surface area (Å²) in [6, 6.07) is 26.9. The van der Waals surface area contributed by atoms with Crippen LogP contribution in [-0.4, -0.2) is 45.4 Å². The molecule has 0 unspecified atom stereocenters. The minimum absolute atomic E-state index is 0.000392. The Balaban J connectivity index is 1.38. The van der Waals surface area contributed by atoms with E-state index in [1.165, 1.54) is 12.1 Å². The second kappa shape index (κ2) is 11.2. The molecule has 4 aliphatic rings. The Morgan fingerprint density at radius 2 is 1.07 bits per heavy atom. The number of hydrogen-bond donors (Lipinski definition) is 0. The molecule has 0 N–H and O–H groups in total. The van der Waals surface area contributed by atoms with Gasteiger partial charge in [0, 0.05) is 38.9 Å². The van der Waals surface area contributed by atoms with Crippen LogP contribution in [0.5, 0.6) is 0 Å². The molecule has 44 heavy (non-hydrogen) atoms. The Morgan fingerprint density at radius 1 is 0.659 bits per heavy atom. The highest BCUT2D eigenvalue weighted by Crippen LogP contribution is 2.61. The quantitative estimate of drug-likeness (QED) is 0.122. The normalized spacial score (nSPS) is 21.8. The first-order valence-electron chi connectivity index (χ1n) is 14.3. The van der Waals surface area contributed by atoms with Gasteiger partial charge in [-0.1, -0.05) is 71.7 Å². The van der Waals surface area contributed by atoms with Crippen molar-refractivity contribution in [3.8, 4) is 0 Å². The second-order valence-electron chi connectivity index (χ2n) is 11.3. The van der Waals surface area contributed by atoms with Crippen LogP contribution in [0.25, 0.3) is 0 Å². The number of hydrogen-bond acceptors (Lipinski definition) is 4. The van der Waals surface area contributed by atoms with E-state index in [-0.39, 0.29) is 35.3 Å². The van der Waals surface area contributed by atoms with E-state index in [4.69, 9.17) is 34.8 Å². The molecule has 0 radical (unpaired) electrons. The largest absolute Gasteiger partial charge is 0.292 e. The maximum atomic E-state index is 14.6. The Hall–Kier alpha value is -3.97. The van der Waals surface area contributed by atoms with Crippen LogP contribution in [0.2, 0.25) is 10.0 Å². The van der Waals surface area contributed by atoms with Gasteiger partial charge in [0.05, 0.1) is 11.8 Å². The van der Waals surface area contributed by atoms with Gasteiger partial charge in [-0.25, -0.2) is 5.01 Å². The zero-order valence-electron chi connectivity index (χ0n) is 23.2. The topological polar surface area (TPSA) is 74.8 Å². The average Bonchev–Trinajstić information content (AvgIpc) is 3.31. The zero-order chi connectivity index (χ0) is 30.7. The number of Topliss-reactive ketones (excluding diaryl/α,β-unsaturated/α-hetero) is 1. The number of benzene rings is 4. The molecule has 0 aromatic heterocycles. The van der Waals surface area contributed by atoms with Gasteiger partial charge in [0.15, 0.2) is 5.78 Å². The molecule has 1 fully saturated rings. The van der Waals surface area contributed by atoms with Gasteiger partial charge in [-0.15, -0.1) is 11.6 Å². The first-order valence-corrected chi connectivity index (χ1v) is 15.6. The molecule has 0 spiro atoms. The van der Waals surface area contributed by atoms with Crippen LogP contribution in [0.1, 0.15) is 61.2 Å². The fraction of sp³-hybridized carbons (Fsp3) is 0.200. The van der Waals surface area contributed by atoms with Crippen molar-refractivity contribution in [3.05, 3.63) is 140 Å². The summed E-state index contributed by atoms with van der Waals surface area (Å²) in [5.41, 5.74) is 4.46. The number of halogens is 3. The van der Waals surface area contributed by atoms with Gasteiger partial charge in [-0.05, 0) is 77.2 Å². The number of nitrogens with zero attached hydrogens (tertiary/aromatic N) is 2. The highest BCUT2D eigenvalue weighted by molar-refractivity contribution is 6.31. The van der Waals surface area contributed by atoms with E-state index in [2.05, 4.69) is 0 Å². The molecule has 3 aliphatic carbocycles. The summed E-state index contributed by atoms with van der Waals surface area (Å²) < 4.78 is 0. The maximum absolute atomic E-state index is 14.6. The van der Waals surface area contributed by atoms with Crippen molar-refractivity contribution in [3.63, 3.8) is 0 Å². The third-order valence-corrected chi connectivity index (χ3v) is 9.77. The van der Waals surface area contributed by atoms with E-state index < -0.39 is 41.4 Å². The summed E-state index contributed by atoms with van der Waals surface area (Å²) in [7, 11) is 0. The zero-order valence-corrected chi connectivity index (χ0v) is 25.5. The van der Waals surface area contributed by atoms with Gasteiger partial charge in [-0.2, -0.15) is 5.01 Å². The van der Waals surface area contributed by atoms with E-state index >= 15 is 0 Å². The first-order chi connectivity index (χ1) is 21.3. The van der Waals surface area contributed by atoms with E-state index in [9.17, 15) is 19.2 Å². The van der Waals surface area contributed by atoms with Crippen molar-refractivity contribution in [1.82, 2.24) is 10.0 Å². The third kappa shape index (κ3) is 4.39. The molecule has 2 bridgehead atoms. The van der Waals surface area contributed by atoms with Gasteiger partial charge >= 0.3 is 0 Å². The van der Waals surface area contributed by atoms with Gasteiger partial charge < -0.3 is 0 Å². The van der Waals surface area contributed by atoms with Gasteiger partial charge in [0.1, 0.15) is 6.04 Å². The van der Waals surface area contributed by atoms with Crippen molar-refractivity contribution < 1.29 is 19.2 Å². The number of carbonyl (C=O) groups excluding carboxylic acids is 4. The van der Waals surface area contributed by atoms with Crippen molar-refractivity contribution in [2.75, 3.05) is 5.88 Å². The van der Waals surface area contributed by atoms with Crippen LogP contribution in [0.4, 0.5) is 0 Å². The number of rotatable bonds is 7. The standard InChI is InChI=1S/C35H25Cl3N2O4/c36-18-17-27(32(41)19-9-13-21(37)14-10-19)39(33(42)20-11-15-22(38)16-12-20)40-34(43)30-28-23-5-1-2-6-24(23)29(31(30)35(40)44)26-8-4-3-7-25(26)28/h1-16,27-31H,17-18H2/t27-,28?,29?,30-,31-/m0/s1. The van der Waals surface area contributed by atoms with Crippen LogP contribution < -0.4 is 0 Å². The molecule has 4 aromatic carbocycles. The number of hydrazine groups is 1. The minimum atomic E-state index is -1.24. The van der Waals surface area contributed by atoms with E-state index in [1.54, 1.807) is 36.4 Å². The molecule has 4 aromatic rings. The third-order valence-electron chi connectivity index (χ3n) is 9.05. The van der Waals surface area contributed by atoms with Gasteiger partial charge in [0.2, 0.25) is 0 Å². The second-order valence-corrected chi connectivity index (χ2v) is 12.5. The van der Waals surface area contributed by atoms with E-state index in [1.807, 2.05) is 48.5 Å². The van der Waals surface area contributed by atoms with Crippen LogP contribution in [-0.2, 0) is 9.59 Å². The van der Waals surface area contributed by atoms with Gasteiger partial charge in [-0.3, -0.25) is 19.2 Å². The molecule has 8 rings (SSSR count). The van der Waals surface area contributed by atoms with Crippen molar-refractivity contribution in [2.45, 2.75) is 24.3 Å². The minimum Gasteiger partial charge on any atom is -0.292 e. The lowest BCUT2D eigenvalue weighted by Crippen LogP contribution is -2.57. The predicted octanol–water partition coefficient (Wildman–Crippen LogP) is 7.12. The molecule has 9 heteroatoms. The summed E-state index contributed by atoms with van der Waals surface area (Å²) in [5.74, 6) is -4.37. The van der Waals surface area contributed by atoms with Crippen LogP contribution >= 0.6 is 34.8 Å². The molecule has 0 saturated carbocycles. The molecule has 1 heterocycles. The van der Waals surface area contributed by atoms with Gasteiger partial charge in [0.25, 0.3) is 17.7 Å². The van der Waals surface area contributed by atoms with E-state index in [0.29, 0.717) is 10.0 Å². The summed E-state index contributed by atoms with van der Waals surface area (Å²) in [6.45, 7) is 0. The molecule has 3 atom stereocenters. The SMILES string of the molecule is O=C(c1ccc(Cl)cc1)[C@H](CCCl)N(C(=O)c1ccc(Cl)cc1)N1C(=O)[C@H]2C3c4ccccc4C(c4ccccc43)[C@@H]2C1=O. The Labute approximate surface area is 269 Å². The highest BCUT2D eigenvalue weighted by atomic mass is 35.5. The molecule has 1 aliphatic heterocycles. The van der Waals surface area contributed by atoms with Crippen LogP contribution in [0.15, 0.2) is 97.1 Å². The Morgan fingerprint density at radius 3 is 1.48 bits per heavy atom. The molecule has 1 saturated heterocycles. The number of ketones is 1. The molecular weight excluding hydrogens is 619 g/mol. The fourth-order valence-electron chi connectivity index (χ4n) is 7.24. The maximum Gasteiger partial charge on any atom is 0.273 e. The smallest absolute Gasteiger partial charge is 0.273 e. The molecule has 220 valence electrons. The van der Waals surface area contributed by atoms with Crippen LogP contribution in [0.3, 0.4) is 0 Å². The monoisotopic (exact) mass is 642 g/mol. The van der Waals surface area contributed by atoms with Crippen molar-refractivity contribution >= 4 is 58.3 Å². The summed E-state index contributed by atoms with van der Waals surface area (Å²) >= 11 is 18.4. The van der Waals surface area contributed by atoms with Crippen molar-refractivity contribution in [1.29, 1.82) is 0 Å². The average molecular weight is 644 g/mol. The lowest BCUT2D eigenvalue weighted by Gasteiger charge is -2.45. The van der Waals surface area contributed by atoms with Crippen LogP contribution in [0, 0.1) is 11.8 Å². The number of alkyl halides is 1.